The molecule has 3 atom stereocenters. The maximum absolute atomic E-state index is 11.1. The lowest BCUT2D eigenvalue weighted by Crippen LogP contribution is -2.36. The molecule has 0 spiro atoms. The first-order valence-electron chi connectivity index (χ1n) is 7.04. The molecule has 2 aliphatic rings. The van der Waals surface area contributed by atoms with Gasteiger partial charge in [-0.25, -0.2) is 4.79 Å². The van der Waals surface area contributed by atoms with Gasteiger partial charge in [-0.2, -0.15) is 0 Å². The van der Waals surface area contributed by atoms with Crippen LogP contribution in [0.4, 0.5) is 0 Å². The number of carbonyl (C=O) groups is 1. The van der Waals surface area contributed by atoms with E-state index in [9.17, 15) is 4.79 Å². The molecule has 1 N–H and O–H groups in total. The molecule has 3 unspecified atom stereocenters. The van der Waals surface area contributed by atoms with E-state index in [4.69, 9.17) is 9.84 Å². The van der Waals surface area contributed by atoms with Gasteiger partial charge in [0.25, 0.3) is 0 Å². The second-order valence-corrected chi connectivity index (χ2v) is 6.26. The highest BCUT2D eigenvalue weighted by molar-refractivity contribution is 5.86. The number of methoxy groups -OCH3 is 1. The van der Waals surface area contributed by atoms with E-state index >= 15 is 0 Å². The topological polar surface area (TPSA) is 46.5 Å². The summed E-state index contributed by atoms with van der Waals surface area (Å²) >= 11 is 0. The van der Waals surface area contributed by atoms with Crippen LogP contribution >= 0.6 is 0 Å². The highest BCUT2D eigenvalue weighted by Crippen LogP contribution is 2.52. The van der Waals surface area contributed by atoms with E-state index in [0.717, 1.165) is 32.1 Å². The molecule has 0 saturated heterocycles. The minimum atomic E-state index is -0.856. The summed E-state index contributed by atoms with van der Waals surface area (Å²) in [5.41, 5.74) is 3.35. The van der Waals surface area contributed by atoms with E-state index in [1.54, 1.807) is 7.11 Å². The number of aliphatic carboxylic acids is 1. The quantitative estimate of drug-likeness (QED) is 0.626. The minimum Gasteiger partial charge on any atom is -0.478 e. The van der Waals surface area contributed by atoms with Crippen LogP contribution in [0.3, 0.4) is 0 Å². The van der Waals surface area contributed by atoms with E-state index in [1.807, 2.05) is 0 Å². The number of carboxylic acids is 1. The highest BCUT2D eigenvalue weighted by Gasteiger charge is 2.41. The fraction of sp³-hybridized carbons (Fsp3) is 0.688. The maximum atomic E-state index is 11.1. The monoisotopic (exact) mass is 264 g/mol. The Morgan fingerprint density at radius 2 is 2.05 bits per heavy atom. The molecular formula is C16H24O3. The van der Waals surface area contributed by atoms with Gasteiger partial charge in [0.2, 0.25) is 0 Å². The summed E-state index contributed by atoms with van der Waals surface area (Å²) in [6.07, 6.45) is 5.27. The van der Waals surface area contributed by atoms with Crippen molar-refractivity contribution in [2.45, 2.75) is 52.1 Å². The van der Waals surface area contributed by atoms with Crippen LogP contribution in [0.5, 0.6) is 0 Å². The summed E-state index contributed by atoms with van der Waals surface area (Å²) in [5, 5.41) is 9.12. The second-order valence-electron chi connectivity index (χ2n) is 6.26. The molecule has 0 heterocycles. The van der Waals surface area contributed by atoms with Crippen molar-refractivity contribution in [2.24, 2.45) is 11.3 Å². The Bertz CT molecular complexity index is 435. The summed E-state index contributed by atoms with van der Waals surface area (Å²) in [4.78, 5) is 11.1. The third-order valence-electron chi connectivity index (χ3n) is 5.19. The molecule has 0 amide bonds. The predicted octanol–water partition coefficient (Wildman–Crippen LogP) is 3.56. The highest BCUT2D eigenvalue weighted by atomic mass is 16.5. The largest absolute Gasteiger partial charge is 0.478 e. The number of fused-ring (bicyclic) bond motifs is 1. The van der Waals surface area contributed by atoms with E-state index in [0.29, 0.717) is 5.57 Å². The van der Waals surface area contributed by atoms with Crippen molar-refractivity contribution in [3.05, 3.63) is 23.3 Å². The SMILES string of the molecule is C=C(C(=O)O)C1CCC2(C)CCC(OC)C(C)=C2C1. The summed E-state index contributed by atoms with van der Waals surface area (Å²) in [7, 11) is 1.76. The summed E-state index contributed by atoms with van der Waals surface area (Å²) in [6, 6.07) is 0. The third-order valence-corrected chi connectivity index (χ3v) is 5.19. The molecule has 3 nitrogen and oxygen atoms in total. The lowest BCUT2D eigenvalue weighted by atomic mass is 9.60. The Labute approximate surface area is 115 Å². The molecule has 3 heteroatoms. The predicted molar refractivity (Wildman–Crippen MR) is 75.0 cm³/mol. The van der Waals surface area contributed by atoms with Crippen LogP contribution in [0.15, 0.2) is 23.3 Å². The molecule has 1 fully saturated rings. The van der Waals surface area contributed by atoms with Crippen LogP contribution in [0.25, 0.3) is 0 Å². The van der Waals surface area contributed by atoms with E-state index < -0.39 is 5.97 Å². The Kier molecular flexibility index (Phi) is 3.86. The van der Waals surface area contributed by atoms with Crippen molar-refractivity contribution in [1.82, 2.24) is 0 Å². The average Bonchev–Trinajstić information content (AvgIpc) is 2.38. The van der Waals surface area contributed by atoms with Gasteiger partial charge in [0.1, 0.15) is 0 Å². The summed E-state index contributed by atoms with van der Waals surface area (Å²) in [5.74, 6) is -0.767. The smallest absolute Gasteiger partial charge is 0.331 e. The first kappa shape index (κ1) is 14.3. The lowest BCUT2D eigenvalue weighted by Gasteiger charge is -2.46. The number of hydrogen-bond donors (Lipinski definition) is 1. The molecule has 1 saturated carbocycles. The van der Waals surface area contributed by atoms with Crippen molar-refractivity contribution in [3.8, 4) is 0 Å². The Hall–Kier alpha value is -1.09. The Morgan fingerprint density at radius 1 is 1.42 bits per heavy atom. The normalized spacial score (nSPS) is 34.9. The third kappa shape index (κ3) is 2.48. The molecule has 0 aliphatic heterocycles. The van der Waals surface area contributed by atoms with Crippen molar-refractivity contribution >= 4 is 5.97 Å². The van der Waals surface area contributed by atoms with Crippen LogP contribution in [0, 0.1) is 11.3 Å². The standard InChI is InChI=1S/C16H24O3/c1-10(15(17)18)12-5-7-16(3)8-6-14(19-4)11(2)13(16)9-12/h12,14H,1,5-9H2,2-4H3,(H,17,18). The zero-order chi connectivity index (χ0) is 14.2. The second kappa shape index (κ2) is 5.12. The maximum Gasteiger partial charge on any atom is 0.331 e. The molecular weight excluding hydrogens is 240 g/mol. The van der Waals surface area contributed by atoms with E-state index in [1.165, 1.54) is 11.1 Å². The first-order valence-corrected chi connectivity index (χ1v) is 7.04. The number of hydrogen-bond acceptors (Lipinski definition) is 2. The van der Waals surface area contributed by atoms with E-state index in [2.05, 4.69) is 20.4 Å². The van der Waals surface area contributed by atoms with Crippen molar-refractivity contribution in [2.75, 3.05) is 7.11 Å². The van der Waals surface area contributed by atoms with Crippen LogP contribution in [0.2, 0.25) is 0 Å². The molecule has 0 aromatic heterocycles. The van der Waals surface area contributed by atoms with Gasteiger partial charge in [-0.15, -0.1) is 0 Å². The van der Waals surface area contributed by atoms with Gasteiger partial charge in [-0.1, -0.05) is 19.1 Å². The Balaban J connectivity index is 2.28. The van der Waals surface area contributed by atoms with Gasteiger partial charge >= 0.3 is 5.97 Å². The van der Waals surface area contributed by atoms with Gasteiger partial charge in [0.15, 0.2) is 0 Å². The molecule has 0 aromatic carbocycles. The fourth-order valence-electron chi connectivity index (χ4n) is 3.78. The first-order chi connectivity index (χ1) is 8.89. The molecule has 0 aromatic rings. The average molecular weight is 264 g/mol. The molecule has 106 valence electrons. The van der Waals surface area contributed by atoms with Crippen LogP contribution in [-0.4, -0.2) is 24.3 Å². The number of ether oxygens (including phenoxy) is 1. The zero-order valence-corrected chi connectivity index (χ0v) is 12.2. The molecule has 2 aliphatic carbocycles. The Morgan fingerprint density at radius 3 is 2.63 bits per heavy atom. The molecule has 19 heavy (non-hydrogen) atoms. The van der Waals surface area contributed by atoms with Gasteiger partial charge in [-0.05, 0) is 55.9 Å². The molecule has 0 radical (unpaired) electrons. The van der Waals surface area contributed by atoms with Gasteiger partial charge < -0.3 is 9.84 Å². The van der Waals surface area contributed by atoms with Gasteiger partial charge in [0, 0.05) is 12.7 Å². The van der Waals surface area contributed by atoms with Gasteiger partial charge in [0.05, 0.1) is 6.10 Å². The summed E-state index contributed by atoms with van der Waals surface area (Å²) in [6.45, 7) is 8.21. The summed E-state index contributed by atoms with van der Waals surface area (Å²) < 4.78 is 5.54. The van der Waals surface area contributed by atoms with E-state index in [-0.39, 0.29) is 17.4 Å². The van der Waals surface area contributed by atoms with Crippen molar-refractivity contribution in [1.29, 1.82) is 0 Å². The van der Waals surface area contributed by atoms with Crippen LogP contribution in [-0.2, 0) is 9.53 Å². The fourth-order valence-corrected chi connectivity index (χ4v) is 3.78. The van der Waals surface area contributed by atoms with Gasteiger partial charge in [-0.3, -0.25) is 0 Å². The number of allylic oxidation sites excluding steroid dienone is 1. The molecule has 2 rings (SSSR count). The number of rotatable bonds is 3. The molecule has 0 bridgehead atoms. The van der Waals surface area contributed by atoms with Crippen molar-refractivity contribution < 1.29 is 14.6 Å². The van der Waals surface area contributed by atoms with Crippen molar-refractivity contribution in [3.63, 3.8) is 0 Å². The minimum absolute atomic E-state index is 0.0890. The number of carboxylic acid groups (broad SMARTS) is 1. The zero-order valence-electron chi connectivity index (χ0n) is 12.2. The van der Waals surface area contributed by atoms with Crippen LogP contribution < -0.4 is 0 Å². The lowest BCUT2D eigenvalue weighted by molar-refractivity contribution is -0.133. The van der Waals surface area contributed by atoms with Crippen LogP contribution in [0.1, 0.15) is 46.0 Å².